The Kier molecular flexibility index (Phi) is 4.41. The van der Waals surface area contributed by atoms with Gasteiger partial charge in [0.1, 0.15) is 23.2 Å². The Morgan fingerprint density at radius 2 is 1.88 bits per heavy atom. The van der Waals surface area contributed by atoms with E-state index in [0.29, 0.717) is 16.9 Å². The summed E-state index contributed by atoms with van der Waals surface area (Å²) >= 11 is 0. The topological polar surface area (TPSA) is 105 Å². The first-order valence-corrected chi connectivity index (χ1v) is 7.59. The zero-order valence-corrected chi connectivity index (χ0v) is 13.7. The maximum atomic E-state index is 11.4. The third kappa shape index (κ3) is 2.83. The van der Waals surface area contributed by atoms with Gasteiger partial charge in [-0.15, -0.1) is 0 Å². The molecular weight excluding hydrogens is 328 g/mol. The molecule has 2 aromatic rings. The fraction of sp³-hybridized carbons (Fsp3) is 0.278. The molecule has 2 atom stereocenters. The molecule has 0 aromatic heterocycles. The molecule has 1 aliphatic rings. The normalized spacial score (nSPS) is 18.4. The van der Waals surface area contributed by atoms with E-state index in [9.17, 15) is 20.1 Å². The summed E-state index contributed by atoms with van der Waals surface area (Å²) in [7, 11) is 2.82. The minimum atomic E-state index is -1.12. The molecule has 0 saturated heterocycles. The summed E-state index contributed by atoms with van der Waals surface area (Å²) in [6.07, 6.45) is -0.539. The standard InChI is InChI=1S/C18H18O7/c1-23-14-7-15-10(6-11(14)18(21)22)12(8-19)17(25-15)9-3-4-13(20)16(5-9)24-2/h3-7,12,17,19-20H,8H2,1-2H3,(H,21,22). The fourth-order valence-corrected chi connectivity index (χ4v) is 3.05. The van der Waals surface area contributed by atoms with E-state index < -0.39 is 18.0 Å². The molecule has 0 radical (unpaired) electrons. The van der Waals surface area contributed by atoms with Gasteiger partial charge in [-0.1, -0.05) is 6.07 Å². The van der Waals surface area contributed by atoms with Crippen molar-refractivity contribution in [1.29, 1.82) is 0 Å². The van der Waals surface area contributed by atoms with Crippen molar-refractivity contribution in [3.63, 3.8) is 0 Å². The predicted molar refractivity (Wildman–Crippen MR) is 87.8 cm³/mol. The van der Waals surface area contributed by atoms with Crippen LogP contribution in [0.1, 0.15) is 33.5 Å². The number of aromatic hydroxyl groups is 1. The zero-order valence-electron chi connectivity index (χ0n) is 13.7. The quantitative estimate of drug-likeness (QED) is 0.763. The van der Waals surface area contributed by atoms with E-state index in [2.05, 4.69) is 0 Å². The number of carboxylic acid groups (broad SMARTS) is 1. The summed E-state index contributed by atoms with van der Waals surface area (Å²) in [5.74, 6) is -0.640. The van der Waals surface area contributed by atoms with E-state index in [4.69, 9.17) is 14.2 Å². The highest BCUT2D eigenvalue weighted by atomic mass is 16.5. The van der Waals surface area contributed by atoms with Crippen LogP contribution in [0.15, 0.2) is 30.3 Å². The van der Waals surface area contributed by atoms with Crippen molar-refractivity contribution in [3.8, 4) is 23.0 Å². The average Bonchev–Trinajstić information content (AvgIpc) is 2.98. The number of aromatic carboxylic acids is 1. The number of aliphatic hydroxyl groups excluding tert-OH is 1. The summed E-state index contributed by atoms with van der Waals surface area (Å²) < 4.78 is 16.2. The lowest BCUT2D eigenvalue weighted by Crippen LogP contribution is -2.13. The second kappa shape index (κ2) is 6.52. The van der Waals surface area contributed by atoms with E-state index in [0.717, 1.165) is 0 Å². The van der Waals surface area contributed by atoms with Crippen molar-refractivity contribution in [2.75, 3.05) is 20.8 Å². The summed E-state index contributed by atoms with van der Waals surface area (Å²) in [6, 6.07) is 7.77. The summed E-state index contributed by atoms with van der Waals surface area (Å²) in [4.78, 5) is 11.4. The molecule has 3 rings (SSSR count). The number of rotatable bonds is 5. The van der Waals surface area contributed by atoms with Crippen molar-refractivity contribution >= 4 is 5.97 Å². The van der Waals surface area contributed by atoms with Crippen molar-refractivity contribution in [1.82, 2.24) is 0 Å². The Hall–Kier alpha value is -2.93. The van der Waals surface area contributed by atoms with Crippen LogP contribution in [0.5, 0.6) is 23.0 Å². The molecule has 3 N–H and O–H groups in total. The first-order valence-electron chi connectivity index (χ1n) is 7.59. The van der Waals surface area contributed by atoms with Crippen molar-refractivity contribution in [2.24, 2.45) is 0 Å². The molecule has 0 fully saturated rings. The van der Waals surface area contributed by atoms with E-state index in [1.54, 1.807) is 12.1 Å². The van der Waals surface area contributed by atoms with E-state index >= 15 is 0 Å². The molecule has 7 heteroatoms. The van der Waals surface area contributed by atoms with Gasteiger partial charge in [0.2, 0.25) is 0 Å². The zero-order chi connectivity index (χ0) is 18.1. The third-order valence-electron chi connectivity index (χ3n) is 4.31. The Labute approximate surface area is 144 Å². The van der Waals surface area contributed by atoms with Gasteiger partial charge in [-0.05, 0) is 23.8 Å². The summed E-state index contributed by atoms with van der Waals surface area (Å²) in [5.41, 5.74) is 1.30. The highest BCUT2D eigenvalue weighted by Crippen LogP contribution is 2.49. The highest BCUT2D eigenvalue weighted by molar-refractivity contribution is 5.91. The second-order valence-corrected chi connectivity index (χ2v) is 5.65. The van der Waals surface area contributed by atoms with Crippen LogP contribution < -0.4 is 14.2 Å². The van der Waals surface area contributed by atoms with Gasteiger partial charge in [-0.3, -0.25) is 0 Å². The highest BCUT2D eigenvalue weighted by Gasteiger charge is 2.37. The second-order valence-electron chi connectivity index (χ2n) is 5.65. The Bertz CT molecular complexity index is 815. The molecule has 2 unspecified atom stereocenters. The molecule has 7 nitrogen and oxygen atoms in total. The molecule has 0 amide bonds. The Balaban J connectivity index is 2.06. The minimum Gasteiger partial charge on any atom is -0.504 e. The van der Waals surface area contributed by atoms with Gasteiger partial charge in [-0.25, -0.2) is 4.79 Å². The van der Waals surface area contributed by atoms with E-state index in [-0.39, 0.29) is 29.4 Å². The smallest absolute Gasteiger partial charge is 0.339 e. The van der Waals surface area contributed by atoms with E-state index in [1.165, 1.54) is 32.4 Å². The van der Waals surface area contributed by atoms with Crippen LogP contribution in [0.3, 0.4) is 0 Å². The molecule has 2 aromatic carbocycles. The number of ether oxygens (including phenoxy) is 3. The van der Waals surface area contributed by atoms with Gasteiger partial charge in [0, 0.05) is 11.6 Å². The van der Waals surface area contributed by atoms with Gasteiger partial charge in [-0.2, -0.15) is 0 Å². The molecule has 0 aliphatic carbocycles. The van der Waals surface area contributed by atoms with Crippen LogP contribution in [-0.2, 0) is 0 Å². The molecule has 0 spiro atoms. The number of benzene rings is 2. The molecule has 0 bridgehead atoms. The molecule has 132 valence electrons. The number of methoxy groups -OCH3 is 2. The predicted octanol–water partition coefficient (Wildman–Crippen LogP) is 2.32. The third-order valence-corrected chi connectivity index (χ3v) is 4.31. The van der Waals surface area contributed by atoms with Crippen molar-refractivity contribution in [2.45, 2.75) is 12.0 Å². The van der Waals surface area contributed by atoms with Crippen LogP contribution >= 0.6 is 0 Å². The van der Waals surface area contributed by atoms with Crippen LogP contribution in [0, 0.1) is 0 Å². The minimum absolute atomic E-state index is 0.00265. The number of carboxylic acids is 1. The molecular formula is C18H18O7. The first-order chi connectivity index (χ1) is 12.0. The van der Waals surface area contributed by atoms with Crippen LogP contribution in [0.2, 0.25) is 0 Å². The number of aliphatic hydroxyl groups is 1. The van der Waals surface area contributed by atoms with Gasteiger partial charge in [0.25, 0.3) is 0 Å². The first kappa shape index (κ1) is 16.9. The molecule has 1 heterocycles. The number of phenolic OH excluding ortho intramolecular Hbond substituents is 1. The summed E-state index contributed by atoms with van der Waals surface area (Å²) in [5, 5.41) is 28.9. The lowest BCUT2D eigenvalue weighted by molar-refractivity contribution is 0.0693. The van der Waals surface area contributed by atoms with Crippen LogP contribution in [0.4, 0.5) is 0 Å². The number of hydrogen-bond donors (Lipinski definition) is 3. The average molecular weight is 346 g/mol. The maximum Gasteiger partial charge on any atom is 0.339 e. The molecule has 0 saturated carbocycles. The monoisotopic (exact) mass is 346 g/mol. The number of fused-ring (bicyclic) bond motifs is 1. The number of carbonyl (C=O) groups is 1. The molecule has 25 heavy (non-hydrogen) atoms. The Morgan fingerprint density at radius 3 is 2.48 bits per heavy atom. The van der Waals surface area contributed by atoms with Crippen molar-refractivity contribution in [3.05, 3.63) is 47.0 Å². The fourth-order valence-electron chi connectivity index (χ4n) is 3.05. The van der Waals surface area contributed by atoms with Crippen LogP contribution in [0.25, 0.3) is 0 Å². The number of hydrogen-bond acceptors (Lipinski definition) is 6. The SMILES string of the molecule is COc1cc(C2Oc3cc(OC)c(C(=O)O)cc3C2CO)ccc1O. The van der Waals surface area contributed by atoms with Gasteiger partial charge < -0.3 is 29.5 Å². The van der Waals surface area contributed by atoms with Gasteiger partial charge in [0.15, 0.2) is 11.5 Å². The van der Waals surface area contributed by atoms with Gasteiger partial charge >= 0.3 is 5.97 Å². The summed E-state index contributed by atoms with van der Waals surface area (Å²) in [6.45, 7) is -0.230. The maximum absolute atomic E-state index is 11.4. The Morgan fingerprint density at radius 1 is 1.16 bits per heavy atom. The molecule has 1 aliphatic heterocycles. The van der Waals surface area contributed by atoms with Crippen molar-refractivity contribution < 1.29 is 34.3 Å². The van der Waals surface area contributed by atoms with Gasteiger partial charge in [0.05, 0.1) is 26.7 Å². The largest absolute Gasteiger partial charge is 0.504 e. The number of phenols is 1. The lowest BCUT2D eigenvalue weighted by atomic mass is 9.90. The van der Waals surface area contributed by atoms with E-state index in [1.807, 2.05) is 0 Å². The lowest BCUT2D eigenvalue weighted by Gasteiger charge is -2.18. The van der Waals surface area contributed by atoms with Crippen LogP contribution in [-0.4, -0.2) is 42.1 Å².